The fourth-order valence-electron chi connectivity index (χ4n) is 3.15. The first-order chi connectivity index (χ1) is 14.4. The Morgan fingerprint density at radius 3 is 2.50 bits per heavy atom. The molecule has 0 bridgehead atoms. The highest BCUT2D eigenvalue weighted by Gasteiger charge is 2.28. The summed E-state index contributed by atoms with van der Waals surface area (Å²) >= 11 is 0. The zero-order chi connectivity index (χ0) is 21.3. The molecule has 2 aromatic heterocycles. The number of nitrogens with one attached hydrogen (secondary N) is 1. The maximum atomic E-state index is 12.6. The Kier molecular flexibility index (Phi) is 5.31. The maximum absolute atomic E-state index is 12.6. The molecule has 0 saturated heterocycles. The van der Waals surface area contributed by atoms with E-state index in [0.29, 0.717) is 29.3 Å². The molecule has 1 saturated carbocycles. The molecule has 0 atom stereocenters. The summed E-state index contributed by atoms with van der Waals surface area (Å²) in [5.74, 6) is 0.901. The minimum atomic E-state index is -0.170. The fraction of sp³-hybridized carbons (Fsp3) is 0.318. The number of carbonyl (C=O) groups is 2. The molecule has 8 heteroatoms. The molecule has 0 unspecified atom stereocenters. The van der Waals surface area contributed by atoms with E-state index in [0.717, 1.165) is 29.8 Å². The van der Waals surface area contributed by atoms with Crippen LogP contribution in [0.25, 0.3) is 11.3 Å². The lowest BCUT2D eigenvalue weighted by Gasteiger charge is -2.14. The van der Waals surface area contributed by atoms with E-state index in [1.807, 2.05) is 24.3 Å². The van der Waals surface area contributed by atoms with Crippen LogP contribution in [0.2, 0.25) is 0 Å². The molecule has 4 rings (SSSR count). The SMILES string of the molecule is CN(C)C(=O)c1cnc(C2CC2)nc1-c1ccc(CNC(=O)c2cnn(C)c2)cc1. The van der Waals surface area contributed by atoms with E-state index in [4.69, 9.17) is 4.98 Å². The van der Waals surface area contributed by atoms with Gasteiger partial charge in [0.05, 0.1) is 23.0 Å². The predicted molar refractivity (Wildman–Crippen MR) is 112 cm³/mol. The third kappa shape index (κ3) is 4.22. The summed E-state index contributed by atoms with van der Waals surface area (Å²) in [5, 5.41) is 6.90. The van der Waals surface area contributed by atoms with Crippen molar-refractivity contribution >= 4 is 11.8 Å². The summed E-state index contributed by atoms with van der Waals surface area (Å²) in [5.41, 5.74) is 3.47. The maximum Gasteiger partial charge on any atom is 0.257 e. The van der Waals surface area contributed by atoms with Crippen molar-refractivity contribution in [3.8, 4) is 11.3 Å². The second-order valence-corrected chi connectivity index (χ2v) is 7.75. The molecule has 2 amide bonds. The highest BCUT2D eigenvalue weighted by atomic mass is 16.2. The van der Waals surface area contributed by atoms with Crippen molar-refractivity contribution in [1.29, 1.82) is 0 Å². The first-order valence-corrected chi connectivity index (χ1v) is 9.87. The van der Waals surface area contributed by atoms with E-state index < -0.39 is 0 Å². The van der Waals surface area contributed by atoms with Gasteiger partial charge in [0, 0.05) is 51.6 Å². The molecular weight excluding hydrogens is 380 g/mol. The van der Waals surface area contributed by atoms with E-state index in [-0.39, 0.29) is 11.8 Å². The topological polar surface area (TPSA) is 93.0 Å². The molecule has 0 aliphatic heterocycles. The van der Waals surface area contributed by atoms with E-state index in [1.165, 1.54) is 11.1 Å². The van der Waals surface area contributed by atoms with Crippen LogP contribution < -0.4 is 5.32 Å². The average molecular weight is 404 g/mol. The van der Waals surface area contributed by atoms with Crippen LogP contribution in [0.3, 0.4) is 0 Å². The second-order valence-electron chi connectivity index (χ2n) is 7.75. The molecule has 1 fully saturated rings. The lowest BCUT2D eigenvalue weighted by molar-refractivity contribution is 0.0827. The lowest BCUT2D eigenvalue weighted by atomic mass is 10.0. The van der Waals surface area contributed by atoms with Crippen LogP contribution in [0.1, 0.15) is 50.9 Å². The van der Waals surface area contributed by atoms with Crippen molar-refractivity contribution < 1.29 is 9.59 Å². The first kappa shape index (κ1) is 19.8. The van der Waals surface area contributed by atoms with Gasteiger partial charge in [-0.15, -0.1) is 0 Å². The summed E-state index contributed by atoms with van der Waals surface area (Å²) in [6.45, 7) is 0.397. The average Bonchev–Trinajstić information content (AvgIpc) is 3.51. The number of rotatable bonds is 6. The van der Waals surface area contributed by atoms with Gasteiger partial charge in [-0.25, -0.2) is 9.97 Å². The van der Waals surface area contributed by atoms with E-state index in [1.54, 1.807) is 38.2 Å². The molecular formula is C22H24N6O2. The Hall–Kier alpha value is -3.55. The van der Waals surface area contributed by atoms with E-state index in [2.05, 4.69) is 15.4 Å². The van der Waals surface area contributed by atoms with Gasteiger partial charge in [-0.05, 0) is 18.4 Å². The normalized spacial score (nSPS) is 13.2. The molecule has 30 heavy (non-hydrogen) atoms. The van der Waals surface area contributed by atoms with Crippen molar-refractivity contribution in [2.45, 2.75) is 25.3 Å². The Morgan fingerprint density at radius 1 is 1.17 bits per heavy atom. The molecule has 8 nitrogen and oxygen atoms in total. The molecule has 3 aromatic rings. The quantitative estimate of drug-likeness (QED) is 0.681. The van der Waals surface area contributed by atoms with Gasteiger partial charge < -0.3 is 10.2 Å². The Labute approximate surface area is 175 Å². The summed E-state index contributed by atoms with van der Waals surface area (Å²) < 4.78 is 1.59. The van der Waals surface area contributed by atoms with Crippen molar-refractivity contribution in [2.24, 2.45) is 7.05 Å². The van der Waals surface area contributed by atoms with Crippen molar-refractivity contribution in [3.63, 3.8) is 0 Å². The van der Waals surface area contributed by atoms with Gasteiger partial charge in [-0.2, -0.15) is 5.10 Å². The zero-order valence-electron chi connectivity index (χ0n) is 17.3. The number of carbonyl (C=O) groups excluding carboxylic acids is 2. The van der Waals surface area contributed by atoms with Gasteiger partial charge in [-0.3, -0.25) is 14.3 Å². The molecule has 1 N–H and O–H groups in total. The second kappa shape index (κ2) is 8.06. The Bertz CT molecular complexity index is 1080. The van der Waals surface area contributed by atoms with Crippen molar-refractivity contribution in [3.05, 3.63) is 65.4 Å². The highest BCUT2D eigenvalue weighted by Crippen LogP contribution is 2.39. The Morgan fingerprint density at radius 2 is 1.90 bits per heavy atom. The molecule has 0 spiro atoms. The minimum absolute atomic E-state index is 0.125. The standard InChI is InChI=1S/C22H24N6O2/c1-27(2)22(30)18-12-23-20(16-8-9-16)26-19(18)15-6-4-14(5-7-15)10-24-21(29)17-11-25-28(3)13-17/h4-7,11-13,16H,8-10H2,1-3H3,(H,24,29). The molecule has 2 heterocycles. The summed E-state index contributed by atoms with van der Waals surface area (Å²) in [6.07, 6.45) is 7.04. The van der Waals surface area contributed by atoms with Crippen LogP contribution in [0.5, 0.6) is 0 Å². The number of nitrogens with zero attached hydrogens (tertiary/aromatic N) is 5. The number of benzene rings is 1. The monoisotopic (exact) mass is 404 g/mol. The van der Waals surface area contributed by atoms with Gasteiger partial charge in [0.25, 0.3) is 11.8 Å². The van der Waals surface area contributed by atoms with Crippen LogP contribution in [-0.2, 0) is 13.6 Å². The van der Waals surface area contributed by atoms with Crippen LogP contribution >= 0.6 is 0 Å². The molecule has 0 radical (unpaired) electrons. The largest absolute Gasteiger partial charge is 0.348 e. The molecule has 1 aliphatic carbocycles. The van der Waals surface area contributed by atoms with Crippen LogP contribution in [0, 0.1) is 0 Å². The molecule has 1 aromatic carbocycles. The number of hydrogen-bond donors (Lipinski definition) is 1. The van der Waals surface area contributed by atoms with Crippen molar-refractivity contribution in [2.75, 3.05) is 14.1 Å². The van der Waals surface area contributed by atoms with Crippen LogP contribution in [-0.4, -0.2) is 50.6 Å². The number of hydrogen-bond acceptors (Lipinski definition) is 5. The number of amides is 2. The Balaban J connectivity index is 1.53. The van der Waals surface area contributed by atoms with E-state index >= 15 is 0 Å². The molecule has 154 valence electrons. The third-order valence-electron chi connectivity index (χ3n) is 5.03. The van der Waals surface area contributed by atoms with Gasteiger partial charge >= 0.3 is 0 Å². The van der Waals surface area contributed by atoms with Gasteiger partial charge in [0.15, 0.2) is 0 Å². The van der Waals surface area contributed by atoms with Gasteiger partial charge in [0.2, 0.25) is 0 Å². The summed E-state index contributed by atoms with van der Waals surface area (Å²) in [4.78, 5) is 35.5. The fourth-order valence-corrected chi connectivity index (χ4v) is 3.15. The summed E-state index contributed by atoms with van der Waals surface area (Å²) in [6, 6.07) is 7.72. The van der Waals surface area contributed by atoms with Gasteiger partial charge in [0.1, 0.15) is 5.82 Å². The zero-order valence-corrected chi connectivity index (χ0v) is 17.3. The summed E-state index contributed by atoms with van der Waals surface area (Å²) in [7, 11) is 5.20. The third-order valence-corrected chi connectivity index (χ3v) is 5.03. The van der Waals surface area contributed by atoms with Crippen LogP contribution in [0.15, 0.2) is 42.9 Å². The van der Waals surface area contributed by atoms with Crippen molar-refractivity contribution in [1.82, 2.24) is 30.0 Å². The predicted octanol–water partition coefficient (Wildman–Crippen LogP) is 2.39. The van der Waals surface area contributed by atoms with Gasteiger partial charge in [-0.1, -0.05) is 24.3 Å². The minimum Gasteiger partial charge on any atom is -0.348 e. The van der Waals surface area contributed by atoms with E-state index in [9.17, 15) is 9.59 Å². The molecule has 1 aliphatic rings. The highest BCUT2D eigenvalue weighted by molar-refractivity contribution is 5.99. The van der Waals surface area contributed by atoms with Crippen LogP contribution in [0.4, 0.5) is 0 Å². The number of aromatic nitrogens is 4. The lowest BCUT2D eigenvalue weighted by Crippen LogP contribution is -2.23. The first-order valence-electron chi connectivity index (χ1n) is 9.87. The number of aryl methyl sites for hydroxylation is 1. The smallest absolute Gasteiger partial charge is 0.257 e.